The Kier molecular flexibility index (Phi) is 5.00. The first-order valence-electron chi connectivity index (χ1n) is 10.9. The molecule has 1 N–H and O–H groups in total. The zero-order valence-electron chi connectivity index (χ0n) is 17.8. The van der Waals surface area contributed by atoms with E-state index in [4.69, 9.17) is 0 Å². The highest BCUT2D eigenvalue weighted by molar-refractivity contribution is 6.23. The van der Waals surface area contributed by atoms with Crippen molar-refractivity contribution in [2.75, 3.05) is 4.90 Å². The van der Waals surface area contributed by atoms with Crippen molar-refractivity contribution in [2.24, 2.45) is 23.7 Å². The Labute approximate surface area is 186 Å². The second-order valence-electron chi connectivity index (χ2n) is 8.96. The maximum atomic E-state index is 13.3. The number of carbonyl (C=O) groups is 4. The largest absolute Gasteiger partial charge is 0.296 e. The Bertz CT molecular complexity index is 1140. The van der Waals surface area contributed by atoms with Crippen LogP contribution in [-0.4, -0.2) is 23.6 Å². The number of amides is 4. The predicted molar refractivity (Wildman–Crippen MR) is 118 cm³/mol. The summed E-state index contributed by atoms with van der Waals surface area (Å²) >= 11 is 0. The smallest absolute Gasteiger partial charge is 0.241 e. The van der Waals surface area contributed by atoms with E-state index in [0.29, 0.717) is 12.1 Å². The van der Waals surface area contributed by atoms with Crippen molar-refractivity contribution in [1.29, 1.82) is 0 Å². The topological polar surface area (TPSA) is 83.6 Å². The van der Waals surface area contributed by atoms with Crippen LogP contribution in [0.25, 0.3) is 0 Å². The highest BCUT2D eigenvalue weighted by Crippen LogP contribution is 2.45. The van der Waals surface area contributed by atoms with Gasteiger partial charge in [-0.15, -0.1) is 0 Å². The van der Waals surface area contributed by atoms with Gasteiger partial charge in [-0.25, -0.2) is 4.90 Å². The minimum Gasteiger partial charge on any atom is -0.296 e. The lowest BCUT2D eigenvalue weighted by Gasteiger charge is -2.29. The minimum absolute atomic E-state index is 0.138. The number of benzene rings is 2. The predicted octanol–water partition coefficient (Wildman–Crippen LogP) is 3.01. The van der Waals surface area contributed by atoms with Gasteiger partial charge in [0.1, 0.15) is 0 Å². The molecule has 5 rings (SSSR count). The summed E-state index contributed by atoms with van der Waals surface area (Å²) in [6.45, 7) is 1.84. The lowest BCUT2D eigenvalue weighted by atomic mass is 9.71. The third kappa shape index (κ3) is 3.45. The van der Waals surface area contributed by atoms with E-state index in [2.05, 4.69) is 17.4 Å². The van der Waals surface area contributed by atoms with Crippen LogP contribution in [0.1, 0.15) is 30.9 Å². The molecule has 0 aromatic heterocycles. The third-order valence-electron chi connectivity index (χ3n) is 6.89. The van der Waals surface area contributed by atoms with Crippen molar-refractivity contribution < 1.29 is 19.2 Å². The van der Waals surface area contributed by atoms with E-state index >= 15 is 0 Å². The minimum atomic E-state index is -0.497. The Balaban J connectivity index is 1.36. The summed E-state index contributed by atoms with van der Waals surface area (Å²) in [4.78, 5) is 51.6. The SMILES string of the molecule is CC1=CC(C2CC(=O)NC2=O)CC2C(=O)N(c3ccc(Cc4ccccc4)cc3)C(=O)C12. The summed E-state index contributed by atoms with van der Waals surface area (Å²) in [7, 11) is 0. The van der Waals surface area contributed by atoms with Crippen molar-refractivity contribution in [3.63, 3.8) is 0 Å². The molecule has 4 unspecified atom stereocenters. The Morgan fingerprint density at radius 3 is 2.22 bits per heavy atom. The number of allylic oxidation sites excluding steroid dienone is 1. The van der Waals surface area contributed by atoms with E-state index < -0.39 is 17.8 Å². The van der Waals surface area contributed by atoms with Crippen molar-refractivity contribution in [1.82, 2.24) is 5.32 Å². The summed E-state index contributed by atoms with van der Waals surface area (Å²) in [6, 6.07) is 17.7. The molecule has 2 heterocycles. The Morgan fingerprint density at radius 1 is 0.875 bits per heavy atom. The molecule has 0 saturated carbocycles. The number of nitrogens with zero attached hydrogens (tertiary/aromatic N) is 1. The molecule has 1 aliphatic carbocycles. The number of rotatable bonds is 4. The number of imide groups is 2. The van der Waals surface area contributed by atoms with Gasteiger partial charge >= 0.3 is 0 Å². The standard InChI is InChI=1S/C26H24N2O4/c1-15-11-18(20-14-22(29)27-24(20)30)13-21-23(15)26(32)28(25(21)31)19-9-7-17(8-10-19)12-16-5-3-2-4-6-16/h2-11,18,20-21,23H,12-14H2,1H3,(H,27,29,30). The summed E-state index contributed by atoms with van der Waals surface area (Å²) in [5.41, 5.74) is 3.68. The maximum Gasteiger partial charge on any atom is 0.241 e. The fourth-order valence-electron chi connectivity index (χ4n) is 5.33. The lowest BCUT2D eigenvalue weighted by molar-refractivity contribution is -0.127. The molecule has 2 saturated heterocycles. The molecular weight excluding hydrogens is 404 g/mol. The molecule has 0 bridgehead atoms. The van der Waals surface area contributed by atoms with Crippen molar-refractivity contribution in [3.8, 4) is 0 Å². The number of carbonyl (C=O) groups excluding carboxylic acids is 4. The number of anilines is 1. The molecule has 2 fully saturated rings. The molecule has 32 heavy (non-hydrogen) atoms. The van der Waals surface area contributed by atoms with Crippen LogP contribution in [0.3, 0.4) is 0 Å². The summed E-state index contributed by atoms with van der Waals surface area (Å²) in [5.74, 6) is -2.68. The van der Waals surface area contributed by atoms with Crippen LogP contribution < -0.4 is 10.2 Å². The van der Waals surface area contributed by atoms with Crippen LogP contribution >= 0.6 is 0 Å². The number of fused-ring (bicyclic) bond motifs is 1. The average Bonchev–Trinajstić information content (AvgIpc) is 3.25. The summed E-state index contributed by atoms with van der Waals surface area (Å²) < 4.78 is 0. The van der Waals surface area contributed by atoms with Gasteiger partial charge in [0, 0.05) is 6.42 Å². The first-order valence-corrected chi connectivity index (χ1v) is 10.9. The Morgan fingerprint density at radius 2 is 1.56 bits per heavy atom. The second kappa shape index (κ2) is 7.86. The van der Waals surface area contributed by atoms with Crippen LogP contribution in [0.15, 0.2) is 66.2 Å². The third-order valence-corrected chi connectivity index (χ3v) is 6.89. The molecule has 2 aromatic rings. The van der Waals surface area contributed by atoms with Gasteiger partial charge < -0.3 is 0 Å². The van der Waals surface area contributed by atoms with E-state index in [1.165, 1.54) is 10.5 Å². The number of hydrogen-bond donors (Lipinski definition) is 1. The number of hydrogen-bond acceptors (Lipinski definition) is 4. The molecule has 0 spiro atoms. The molecule has 6 heteroatoms. The molecule has 3 aliphatic rings. The van der Waals surface area contributed by atoms with Gasteiger partial charge in [0.15, 0.2) is 0 Å². The average molecular weight is 428 g/mol. The molecule has 2 aliphatic heterocycles. The fraction of sp³-hybridized carbons (Fsp3) is 0.308. The molecule has 0 radical (unpaired) electrons. The van der Waals surface area contributed by atoms with Crippen LogP contribution in [0, 0.1) is 23.7 Å². The van der Waals surface area contributed by atoms with Gasteiger partial charge in [0.25, 0.3) is 0 Å². The van der Waals surface area contributed by atoms with E-state index in [1.54, 1.807) is 0 Å². The van der Waals surface area contributed by atoms with Crippen LogP contribution in [-0.2, 0) is 25.6 Å². The van der Waals surface area contributed by atoms with Gasteiger partial charge in [0.05, 0.1) is 23.4 Å². The lowest BCUT2D eigenvalue weighted by Crippen LogP contribution is -2.32. The summed E-state index contributed by atoms with van der Waals surface area (Å²) in [6.07, 6.45) is 3.24. The molecular formula is C26H24N2O4. The summed E-state index contributed by atoms with van der Waals surface area (Å²) in [5, 5.41) is 2.35. The van der Waals surface area contributed by atoms with Gasteiger partial charge in [-0.1, -0.05) is 54.1 Å². The highest BCUT2D eigenvalue weighted by atomic mass is 16.2. The van der Waals surface area contributed by atoms with E-state index in [9.17, 15) is 19.2 Å². The fourth-order valence-corrected chi connectivity index (χ4v) is 5.33. The van der Waals surface area contributed by atoms with Crippen LogP contribution in [0.2, 0.25) is 0 Å². The first-order chi connectivity index (χ1) is 15.4. The maximum absolute atomic E-state index is 13.3. The molecule has 2 aromatic carbocycles. The van der Waals surface area contributed by atoms with Crippen molar-refractivity contribution in [2.45, 2.75) is 26.2 Å². The van der Waals surface area contributed by atoms with Crippen molar-refractivity contribution in [3.05, 3.63) is 77.4 Å². The van der Waals surface area contributed by atoms with E-state index in [0.717, 1.165) is 17.6 Å². The zero-order valence-corrected chi connectivity index (χ0v) is 17.8. The van der Waals surface area contributed by atoms with Gasteiger partial charge in [-0.2, -0.15) is 0 Å². The van der Waals surface area contributed by atoms with Crippen molar-refractivity contribution >= 4 is 29.3 Å². The zero-order chi connectivity index (χ0) is 22.4. The normalized spacial score (nSPS) is 27.4. The molecule has 162 valence electrons. The molecule has 6 nitrogen and oxygen atoms in total. The molecule has 4 amide bonds. The first kappa shape index (κ1) is 20.4. The van der Waals surface area contributed by atoms with E-state index in [1.807, 2.05) is 55.5 Å². The van der Waals surface area contributed by atoms with Gasteiger partial charge in [0.2, 0.25) is 23.6 Å². The van der Waals surface area contributed by atoms with Crippen LogP contribution in [0.4, 0.5) is 5.69 Å². The van der Waals surface area contributed by atoms with Gasteiger partial charge in [-0.05, 0) is 48.9 Å². The van der Waals surface area contributed by atoms with Crippen LogP contribution in [0.5, 0.6) is 0 Å². The van der Waals surface area contributed by atoms with E-state index in [-0.39, 0.29) is 36.0 Å². The monoisotopic (exact) mass is 428 g/mol. The van der Waals surface area contributed by atoms with Gasteiger partial charge in [-0.3, -0.25) is 24.5 Å². The number of nitrogens with one attached hydrogen (secondary N) is 1. The highest BCUT2D eigenvalue weighted by Gasteiger charge is 2.52. The quantitative estimate of drug-likeness (QED) is 0.599. The molecule has 4 atom stereocenters. The second-order valence-corrected chi connectivity index (χ2v) is 8.96. The Hall–Kier alpha value is -3.54.